The molecule has 0 saturated carbocycles. The molecule has 0 aromatic carbocycles. The van der Waals surface area contributed by atoms with Crippen LogP contribution in [0.4, 0.5) is 0 Å². The van der Waals surface area contributed by atoms with Gasteiger partial charge >= 0.3 is 0 Å². The third kappa shape index (κ3) is 2.48. The number of hydrogen-bond donors (Lipinski definition) is 1. The zero-order valence-electron chi connectivity index (χ0n) is 10.3. The zero-order chi connectivity index (χ0) is 12.4. The highest BCUT2D eigenvalue weighted by Crippen LogP contribution is 2.36. The van der Waals surface area contributed by atoms with E-state index in [1.807, 2.05) is 11.3 Å². The molecule has 2 aromatic heterocycles. The second-order valence-corrected chi connectivity index (χ2v) is 6.86. The summed E-state index contributed by atoms with van der Waals surface area (Å²) in [6.07, 6.45) is 7.12. The fourth-order valence-corrected chi connectivity index (χ4v) is 4.48. The van der Waals surface area contributed by atoms with Crippen molar-refractivity contribution < 1.29 is 0 Å². The van der Waals surface area contributed by atoms with Gasteiger partial charge in [0.25, 0.3) is 0 Å². The highest BCUT2D eigenvalue weighted by Gasteiger charge is 2.16. The number of fused-ring (bicyclic) bond motifs is 1. The summed E-state index contributed by atoms with van der Waals surface area (Å²) in [5.74, 6) is 0. The molecule has 96 valence electrons. The largest absolute Gasteiger partial charge is 0.330 e. The number of hydrogen-bond acceptors (Lipinski definition) is 5. The Bertz CT molecular complexity index is 507. The number of aryl methyl sites for hydroxylation is 3. The maximum Gasteiger partial charge on any atom is 0.157 e. The van der Waals surface area contributed by atoms with Crippen molar-refractivity contribution in [1.82, 2.24) is 10.2 Å². The zero-order valence-corrected chi connectivity index (χ0v) is 11.9. The minimum Gasteiger partial charge on any atom is -0.330 e. The smallest absolute Gasteiger partial charge is 0.157 e. The lowest BCUT2D eigenvalue weighted by Crippen LogP contribution is -1.99. The van der Waals surface area contributed by atoms with E-state index >= 15 is 0 Å². The number of aromatic nitrogens is 2. The monoisotopic (exact) mass is 279 g/mol. The first-order valence-corrected chi connectivity index (χ1v) is 8.14. The molecule has 0 saturated heterocycles. The molecular formula is C13H17N3S2. The van der Waals surface area contributed by atoms with Crippen LogP contribution in [0.5, 0.6) is 0 Å². The SMILES string of the molecule is NCCCc1nnc(-c2cc3c(s2)CCCC3)s1. The summed E-state index contributed by atoms with van der Waals surface area (Å²) in [7, 11) is 0. The first-order chi connectivity index (χ1) is 8.86. The van der Waals surface area contributed by atoms with Crippen molar-refractivity contribution in [2.24, 2.45) is 5.73 Å². The van der Waals surface area contributed by atoms with Gasteiger partial charge in [0.1, 0.15) is 5.01 Å². The molecule has 3 rings (SSSR count). The molecule has 2 aromatic rings. The van der Waals surface area contributed by atoms with Gasteiger partial charge in [-0.15, -0.1) is 21.5 Å². The van der Waals surface area contributed by atoms with Crippen LogP contribution in [0, 0.1) is 0 Å². The van der Waals surface area contributed by atoms with E-state index in [4.69, 9.17) is 5.73 Å². The Hall–Kier alpha value is -0.780. The van der Waals surface area contributed by atoms with Crippen LogP contribution in [0.1, 0.15) is 34.7 Å². The van der Waals surface area contributed by atoms with E-state index in [0.29, 0.717) is 0 Å². The third-order valence-electron chi connectivity index (χ3n) is 3.27. The molecule has 0 radical (unpaired) electrons. The summed E-state index contributed by atoms with van der Waals surface area (Å²) in [5, 5.41) is 10.8. The van der Waals surface area contributed by atoms with Crippen LogP contribution in [0.2, 0.25) is 0 Å². The van der Waals surface area contributed by atoms with Crippen molar-refractivity contribution in [2.75, 3.05) is 6.54 Å². The molecule has 5 heteroatoms. The van der Waals surface area contributed by atoms with Crippen LogP contribution in [-0.2, 0) is 19.3 Å². The van der Waals surface area contributed by atoms with Gasteiger partial charge in [-0.1, -0.05) is 11.3 Å². The molecule has 0 bridgehead atoms. The van der Waals surface area contributed by atoms with Crippen LogP contribution in [0.3, 0.4) is 0 Å². The molecule has 0 atom stereocenters. The molecule has 18 heavy (non-hydrogen) atoms. The molecule has 1 aliphatic carbocycles. The minimum absolute atomic E-state index is 0.724. The maximum absolute atomic E-state index is 5.52. The number of nitrogens with zero attached hydrogens (tertiary/aromatic N) is 2. The van der Waals surface area contributed by atoms with E-state index in [1.165, 1.54) is 30.6 Å². The molecule has 1 aliphatic rings. The van der Waals surface area contributed by atoms with Crippen molar-refractivity contribution in [3.63, 3.8) is 0 Å². The Balaban J connectivity index is 1.81. The first kappa shape index (κ1) is 12.3. The molecular weight excluding hydrogens is 262 g/mol. The van der Waals surface area contributed by atoms with Crippen molar-refractivity contribution >= 4 is 22.7 Å². The fraction of sp³-hybridized carbons (Fsp3) is 0.538. The van der Waals surface area contributed by atoms with Gasteiger partial charge in [-0.3, -0.25) is 0 Å². The van der Waals surface area contributed by atoms with Crippen molar-refractivity contribution in [2.45, 2.75) is 38.5 Å². The number of thiophene rings is 1. The molecule has 2 heterocycles. The van der Waals surface area contributed by atoms with E-state index in [2.05, 4.69) is 16.3 Å². The number of rotatable bonds is 4. The topological polar surface area (TPSA) is 51.8 Å². The Kier molecular flexibility index (Phi) is 3.72. The maximum atomic E-state index is 5.52. The Labute approximate surface area is 115 Å². The van der Waals surface area contributed by atoms with Gasteiger partial charge in [0.05, 0.1) is 4.88 Å². The standard InChI is InChI=1S/C13H17N3S2/c14-7-3-6-12-15-16-13(18-12)11-8-9-4-1-2-5-10(9)17-11/h8H,1-7,14H2. The molecule has 0 aliphatic heterocycles. The quantitative estimate of drug-likeness (QED) is 0.936. The molecule has 0 unspecified atom stereocenters. The van der Waals surface area contributed by atoms with Crippen molar-refractivity contribution in [1.29, 1.82) is 0 Å². The average Bonchev–Trinajstić information content (AvgIpc) is 3.02. The lowest BCUT2D eigenvalue weighted by molar-refractivity contribution is 0.697. The van der Waals surface area contributed by atoms with Crippen LogP contribution in [0.15, 0.2) is 6.07 Å². The van der Waals surface area contributed by atoms with Gasteiger partial charge in [0, 0.05) is 11.3 Å². The first-order valence-electron chi connectivity index (χ1n) is 6.51. The van der Waals surface area contributed by atoms with Crippen LogP contribution < -0.4 is 5.73 Å². The third-order valence-corrected chi connectivity index (χ3v) is 5.66. The summed E-state index contributed by atoms with van der Waals surface area (Å²) in [5.41, 5.74) is 7.06. The Morgan fingerprint density at radius 1 is 1.17 bits per heavy atom. The van der Waals surface area contributed by atoms with Crippen molar-refractivity contribution in [3.8, 4) is 9.88 Å². The van der Waals surface area contributed by atoms with Gasteiger partial charge in [-0.25, -0.2) is 0 Å². The van der Waals surface area contributed by atoms with E-state index in [9.17, 15) is 0 Å². The van der Waals surface area contributed by atoms with Crippen molar-refractivity contribution in [3.05, 3.63) is 21.5 Å². The van der Waals surface area contributed by atoms with E-state index in [0.717, 1.165) is 29.4 Å². The van der Waals surface area contributed by atoms with Crippen LogP contribution in [0.25, 0.3) is 9.88 Å². The normalized spacial score (nSPS) is 14.7. The van der Waals surface area contributed by atoms with Crippen LogP contribution in [-0.4, -0.2) is 16.7 Å². The summed E-state index contributed by atoms with van der Waals surface area (Å²) in [4.78, 5) is 2.87. The fourth-order valence-electron chi connectivity index (χ4n) is 2.30. The minimum atomic E-state index is 0.724. The second-order valence-electron chi connectivity index (χ2n) is 4.66. The van der Waals surface area contributed by atoms with Gasteiger partial charge in [0.15, 0.2) is 5.01 Å². The highest BCUT2D eigenvalue weighted by atomic mass is 32.1. The number of nitrogens with two attached hydrogens (primary N) is 1. The van der Waals surface area contributed by atoms with Gasteiger partial charge < -0.3 is 5.73 Å². The second kappa shape index (κ2) is 5.47. The molecule has 3 nitrogen and oxygen atoms in total. The molecule has 0 fully saturated rings. The summed E-state index contributed by atoms with van der Waals surface area (Å²) >= 11 is 3.63. The van der Waals surface area contributed by atoms with Crippen LogP contribution >= 0.6 is 22.7 Å². The molecule has 0 spiro atoms. The van der Waals surface area contributed by atoms with E-state index in [-0.39, 0.29) is 0 Å². The van der Waals surface area contributed by atoms with E-state index in [1.54, 1.807) is 21.8 Å². The predicted molar refractivity (Wildman–Crippen MR) is 77.2 cm³/mol. The van der Waals surface area contributed by atoms with E-state index < -0.39 is 0 Å². The Morgan fingerprint density at radius 3 is 2.89 bits per heavy atom. The van der Waals surface area contributed by atoms with Gasteiger partial charge in [-0.2, -0.15) is 0 Å². The van der Waals surface area contributed by atoms with Gasteiger partial charge in [0.2, 0.25) is 0 Å². The molecule has 0 amide bonds. The highest BCUT2D eigenvalue weighted by molar-refractivity contribution is 7.21. The van der Waals surface area contributed by atoms with Gasteiger partial charge in [-0.05, 0) is 50.3 Å². The lowest BCUT2D eigenvalue weighted by Gasteiger charge is -2.08. The summed E-state index contributed by atoms with van der Waals surface area (Å²) in [6.45, 7) is 0.724. The predicted octanol–water partition coefficient (Wildman–Crippen LogP) is 3.04. The Morgan fingerprint density at radius 2 is 2.06 bits per heavy atom. The lowest BCUT2D eigenvalue weighted by atomic mass is 9.99. The summed E-state index contributed by atoms with van der Waals surface area (Å²) < 4.78 is 0. The average molecular weight is 279 g/mol. The molecule has 2 N–H and O–H groups in total. The summed E-state index contributed by atoms with van der Waals surface area (Å²) in [6, 6.07) is 2.33.